The summed E-state index contributed by atoms with van der Waals surface area (Å²) in [6.07, 6.45) is 14.3. The minimum absolute atomic E-state index is 0.0637. The first-order valence-electron chi connectivity index (χ1n) is 8.90. The van der Waals surface area contributed by atoms with Crippen molar-refractivity contribution in [3.63, 3.8) is 0 Å². The van der Waals surface area contributed by atoms with Crippen molar-refractivity contribution in [2.75, 3.05) is 0 Å². The van der Waals surface area contributed by atoms with Gasteiger partial charge in [-0.3, -0.25) is 0 Å². The van der Waals surface area contributed by atoms with Crippen molar-refractivity contribution in [3.8, 4) is 0 Å². The number of fused-ring (bicyclic) bond motifs is 5. The van der Waals surface area contributed by atoms with Gasteiger partial charge in [-0.15, -0.1) is 0 Å². The molecule has 3 saturated carbocycles. The van der Waals surface area contributed by atoms with Crippen LogP contribution in [-0.2, 0) is 0 Å². The van der Waals surface area contributed by atoms with Gasteiger partial charge in [-0.2, -0.15) is 0 Å². The Morgan fingerprint density at radius 2 is 1.90 bits per heavy atom. The minimum Gasteiger partial charge on any atom is -0.393 e. The third-order valence-corrected chi connectivity index (χ3v) is 7.86. The van der Waals surface area contributed by atoms with Crippen LogP contribution < -0.4 is 0 Å². The fourth-order valence-electron chi connectivity index (χ4n) is 6.63. The first kappa shape index (κ1) is 13.4. The van der Waals surface area contributed by atoms with E-state index < -0.39 is 0 Å². The van der Waals surface area contributed by atoms with E-state index in [9.17, 15) is 5.11 Å². The maximum atomic E-state index is 10.0. The summed E-state index contributed by atoms with van der Waals surface area (Å²) in [6.45, 7) is 5.10. The van der Waals surface area contributed by atoms with E-state index in [0.29, 0.717) is 10.8 Å². The van der Waals surface area contributed by atoms with Crippen molar-refractivity contribution in [1.29, 1.82) is 0 Å². The van der Waals surface area contributed by atoms with E-state index >= 15 is 0 Å². The molecule has 0 bridgehead atoms. The van der Waals surface area contributed by atoms with Crippen LogP contribution in [0.5, 0.6) is 0 Å². The second-order valence-electron chi connectivity index (χ2n) is 8.74. The zero-order chi connectivity index (χ0) is 14.0. The van der Waals surface area contributed by atoms with Gasteiger partial charge in [0, 0.05) is 0 Å². The fraction of sp³-hybridized carbons (Fsp3) is 0.895. The molecule has 0 saturated heterocycles. The van der Waals surface area contributed by atoms with Gasteiger partial charge in [0.1, 0.15) is 0 Å². The van der Waals surface area contributed by atoms with E-state index in [4.69, 9.17) is 0 Å². The molecule has 0 aromatic carbocycles. The van der Waals surface area contributed by atoms with Crippen LogP contribution in [0.4, 0.5) is 0 Å². The molecule has 0 aromatic rings. The van der Waals surface area contributed by atoms with E-state index in [0.717, 1.165) is 30.6 Å². The summed E-state index contributed by atoms with van der Waals surface area (Å²) < 4.78 is 0. The molecule has 1 nitrogen and oxygen atoms in total. The molecule has 5 unspecified atom stereocenters. The molecular weight excluding hydrogens is 244 g/mol. The van der Waals surface area contributed by atoms with Gasteiger partial charge in [-0.25, -0.2) is 0 Å². The van der Waals surface area contributed by atoms with Gasteiger partial charge in [0.15, 0.2) is 0 Å². The molecule has 20 heavy (non-hydrogen) atoms. The number of hydrogen-bond acceptors (Lipinski definition) is 1. The second-order valence-corrected chi connectivity index (χ2v) is 8.74. The minimum atomic E-state index is -0.0637. The molecule has 1 heteroatoms. The molecule has 0 aromatic heterocycles. The van der Waals surface area contributed by atoms with E-state index in [-0.39, 0.29) is 6.10 Å². The summed E-state index contributed by atoms with van der Waals surface area (Å²) in [5.41, 5.74) is 2.70. The first-order chi connectivity index (χ1) is 9.53. The number of rotatable bonds is 0. The van der Waals surface area contributed by atoms with Gasteiger partial charge < -0.3 is 5.11 Å². The van der Waals surface area contributed by atoms with Crippen molar-refractivity contribution in [2.45, 2.75) is 77.7 Å². The molecule has 4 aliphatic rings. The highest BCUT2D eigenvalue weighted by atomic mass is 16.3. The van der Waals surface area contributed by atoms with Crippen molar-refractivity contribution in [2.24, 2.45) is 28.6 Å². The zero-order valence-electron chi connectivity index (χ0n) is 13.2. The lowest BCUT2D eigenvalue weighted by Gasteiger charge is -2.57. The van der Waals surface area contributed by atoms with E-state index in [1.54, 1.807) is 5.57 Å². The highest BCUT2D eigenvalue weighted by molar-refractivity contribution is 5.25. The standard InChI is InChI=1S/C19H30O/c1-18-9-3-4-16(18)15-6-5-13-12-14(20)7-11-19(13,2)17(15)8-10-18/h5,14-17,20H,3-4,6-12H2,1-2H3/t14?,15?,16?,17?,18?,19-/m0/s1. The van der Waals surface area contributed by atoms with E-state index in [1.807, 2.05) is 0 Å². The Labute approximate surface area is 123 Å². The van der Waals surface area contributed by atoms with Crippen LogP contribution in [0.3, 0.4) is 0 Å². The van der Waals surface area contributed by atoms with E-state index in [2.05, 4.69) is 19.9 Å². The molecular formula is C19H30O. The molecule has 1 N–H and O–H groups in total. The number of aliphatic hydroxyl groups excluding tert-OH is 1. The third kappa shape index (κ3) is 1.71. The Balaban J connectivity index is 1.68. The summed E-state index contributed by atoms with van der Waals surface area (Å²) in [6, 6.07) is 0. The summed E-state index contributed by atoms with van der Waals surface area (Å²) >= 11 is 0. The van der Waals surface area contributed by atoms with Crippen molar-refractivity contribution >= 4 is 0 Å². The summed E-state index contributed by atoms with van der Waals surface area (Å²) in [7, 11) is 0. The van der Waals surface area contributed by atoms with Crippen LogP contribution in [0.1, 0.15) is 71.6 Å². The number of allylic oxidation sites excluding steroid dienone is 1. The summed E-state index contributed by atoms with van der Waals surface area (Å²) in [5, 5.41) is 10.0. The Kier molecular flexibility index (Phi) is 2.91. The lowest BCUT2D eigenvalue weighted by molar-refractivity contribution is -0.0360. The zero-order valence-corrected chi connectivity index (χ0v) is 13.2. The Morgan fingerprint density at radius 1 is 1.05 bits per heavy atom. The molecule has 3 fully saturated rings. The molecule has 0 heterocycles. The van der Waals surface area contributed by atoms with Gasteiger partial charge in [-0.1, -0.05) is 31.9 Å². The van der Waals surface area contributed by atoms with Crippen LogP contribution in [0.2, 0.25) is 0 Å². The Bertz CT molecular complexity index is 439. The Hall–Kier alpha value is -0.300. The third-order valence-electron chi connectivity index (χ3n) is 7.86. The van der Waals surface area contributed by atoms with Crippen LogP contribution >= 0.6 is 0 Å². The largest absolute Gasteiger partial charge is 0.393 e. The molecule has 4 aliphatic carbocycles. The van der Waals surface area contributed by atoms with Gasteiger partial charge in [0.2, 0.25) is 0 Å². The molecule has 0 amide bonds. The highest BCUT2D eigenvalue weighted by Crippen LogP contribution is 2.64. The molecule has 0 spiro atoms. The lowest BCUT2D eigenvalue weighted by atomic mass is 9.48. The Morgan fingerprint density at radius 3 is 2.75 bits per heavy atom. The SMILES string of the molecule is CC12CCCC1C1CC=C3CC(O)CC[C@]3(C)C1CC2. The maximum absolute atomic E-state index is 10.0. The summed E-state index contributed by atoms with van der Waals surface area (Å²) in [5.74, 6) is 2.84. The predicted molar refractivity (Wildman–Crippen MR) is 82.3 cm³/mol. The smallest absolute Gasteiger partial charge is 0.0577 e. The molecule has 6 atom stereocenters. The average molecular weight is 274 g/mol. The first-order valence-corrected chi connectivity index (χ1v) is 8.90. The number of hydrogen-bond donors (Lipinski definition) is 1. The fourth-order valence-corrected chi connectivity index (χ4v) is 6.63. The number of aliphatic hydroxyl groups is 1. The van der Waals surface area contributed by atoms with Crippen LogP contribution in [0.15, 0.2) is 11.6 Å². The topological polar surface area (TPSA) is 20.2 Å². The van der Waals surface area contributed by atoms with Gasteiger partial charge >= 0.3 is 0 Å². The van der Waals surface area contributed by atoms with Crippen molar-refractivity contribution in [3.05, 3.63) is 11.6 Å². The molecule has 4 rings (SSSR count). The maximum Gasteiger partial charge on any atom is 0.0577 e. The molecule has 0 radical (unpaired) electrons. The van der Waals surface area contributed by atoms with Gasteiger partial charge in [0.25, 0.3) is 0 Å². The highest BCUT2D eigenvalue weighted by Gasteiger charge is 2.55. The van der Waals surface area contributed by atoms with Crippen LogP contribution in [-0.4, -0.2) is 11.2 Å². The average Bonchev–Trinajstić information content (AvgIpc) is 2.81. The van der Waals surface area contributed by atoms with Gasteiger partial charge in [0.05, 0.1) is 6.10 Å². The lowest BCUT2D eigenvalue weighted by Crippen LogP contribution is -2.49. The second kappa shape index (κ2) is 4.35. The normalized spacial score (nSPS) is 54.6. The predicted octanol–water partition coefficient (Wildman–Crippen LogP) is 4.70. The summed E-state index contributed by atoms with van der Waals surface area (Å²) in [4.78, 5) is 0. The van der Waals surface area contributed by atoms with Crippen molar-refractivity contribution in [1.82, 2.24) is 0 Å². The molecule has 112 valence electrons. The quantitative estimate of drug-likeness (QED) is 0.635. The van der Waals surface area contributed by atoms with Gasteiger partial charge in [-0.05, 0) is 80.0 Å². The monoisotopic (exact) mass is 274 g/mol. The molecule has 0 aliphatic heterocycles. The van der Waals surface area contributed by atoms with E-state index in [1.165, 1.54) is 44.9 Å². The van der Waals surface area contributed by atoms with Crippen molar-refractivity contribution < 1.29 is 5.11 Å². The van der Waals surface area contributed by atoms with Crippen LogP contribution in [0, 0.1) is 28.6 Å². The van der Waals surface area contributed by atoms with Crippen LogP contribution in [0.25, 0.3) is 0 Å².